The molecule has 0 aliphatic carbocycles. The van der Waals surface area contributed by atoms with Gasteiger partial charge in [0.1, 0.15) is 5.75 Å². The molecule has 0 aliphatic heterocycles. The molecule has 0 radical (unpaired) electrons. The first-order valence-electron chi connectivity index (χ1n) is 5.23. The van der Waals surface area contributed by atoms with E-state index in [1.807, 2.05) is 18.2 Å². The van der Waals surface area contributed by atoms with Crippen LogP contribution in [0.25, 0.3) is 0 Å². The Kier molecular flexibility index (Phi) is 5.32. The van der Waals surface area contributed by atoms with Crippen LogP contribution in [0.1, 0.15) is 18.9 Å². The van der Waals surface area contributed by atoms with Gasteiger partial charge in [-0.25, -0.2) is 0 Å². The molecular weight excluding hydrogens is 270 g/mol. The first kappa shape index (κ1) is 13.0. The zero-order valence-corrected chi connectivity index (χ0v) is 11.1. The number of hydrogen-bond acceptors (Lipinski definition) is 2. The Balaban J connectivity index is 2.73. The topological polar surface area (TPSA) is 38.3 Å². The quantitative estimate of drug-likeness (QED) is 0.816. The van der Waals surface area contributed by atoms with Crippen LogP contribution in [-0.2, 0) is 11.2 Å². The maximum absolute atomic E-state index is 10.4. The number of halogens is 1. The van der Waals surface area contributed by atoms with Gasteiger partial charge in [0.25, 0.3) is 0 Å². The van der Waals surface area contributed by atoms with Gasteiger partial charge in [-0.05, 0) is 46.5 Å². The van der Waals surface area contributed by atoms with Gasteiger partial charge in [0.05, 0.1) is 11.6 Å². The van der Waals surface area contributed by atoms with E-state index in [2.05, 4.69) is 28.2 Å². The second-order valence-corrected chi connectivity index (χ2v) is 4.42. The summed E-state index contributed by atoms with van der Waals surface area (Å²) in [7, 11) is 1.64. The molecule has 0 heterocycles. The molecule has 88 valence electrons. The highest BCUT2D eigenvalue weighted by Gasteiger charge is 2.07. The van der Waals surface area contributed by atoms with E-state index in [1.54, 1.807) is 7.11 Å². The van der Waals surface area contributed by atoms with E-state index in [9.17, 15) is 4.79 Å². The highest BCUT2D eigenvalue weighted by molar-refractivity contribution is 9.10. The van der Waals surface area contributed by atoms with E-state index >= 15 is 0 Å². The lowest BCUT2D eigenvalue weighted by atomic mass is 10.0. The molecule has 1 amide bonds. The summed E-state index contributed by atoms with van der Waals surface area (Å²) in [6, 6.07) is 6.15. The van der Waals surface area contributed by atoms with Crippen LogP contribution in [0.4, 0.5) is 0 Å². The summed E-state index contributed by atoms with van der Waals surface area (Å²) in [5, 5.41) is 2.80. The molecule has 0 aromatic heterocycles. The number of amides is 1. The van der Waals surface area contributed by atoms with Crippen molar-refractivity contribution in [2.45, 2.75) is 25.8 Å². The van der Waals surface area contributed by atoms with Crippen LogP contribution >= 0.6 is 15.9 Å². The van der Waals surface area contributed by atoms with E-state index in [-0.39, 0.29) is 6.04 Å². The van der Waals surface area contributed by atoms with Crippen molar-refractivity contribution >= 4 is 22.3 Å². The zero-order chi connectivity index (χ0) is 12.0. The highest BCUT2D eigenvalue weighted by atomic mass is 79.9. The van der Waals surface area contributed by atoms with E-state index in [4.69, 9.17) is 4.74 Å². The number of hydrogen-bond donors (Lipinski definition) is 1. The Bertz CT molecular complexity index is 355. The van der Waals surface area contributed by atoms with E-state index in [0.717, 1.165) is 29.5 Å². The van der Waals surface area contributed by atoms with Crippen LogP contribution in [0.3, 0.4) is 0 Å². The lowest BCUT2D eigenvalue weighted by Crippen LogP contribution is -2.29. The molecule has 1 atom stereocenters. The normalized spacial score (nSPS) is 11.9. The average Bonchev–Trinajstić information content (AvgIpc) is 2.28. The molecular formula is C12H16BrNO2. The number of carbonyl (C=O) groups is 1. The van der Waals surface area contributed by atoms with Gasteiger partial charge >= 0.3 is 0 Å². The lowest BCUT2D eigenvalue weighted by Gasteiger charge is -2.14. The predicted octanol–water partition coefficient (Wildman–Crippen LogP) is 2.52. The lowest BCUT2D eigenvalue weighted by molar-refractivity contribution is -0.110. The van der Waals surface area contributed by atoms with Crippen molar-refractivity contribution in [2.75, 3.05) is 7.11 Å². The standard InChI is InChI=1S/C12H16BrNO2/c1-3-10(14-8-15)6-9-4-5-12(16-2)11(13)7-9/h4-5,7-8,10H,3,6H2,1-2H3,(H,14,15)/t10-/m1/s1. The van der Waals surface area contributed by atoms with Crippen LogP contribution in [0.2, 0.25) is 0 Å². The van der Waals surface area contributed by atoms with Crippen LogP contribution in [0.15, 0.2) is 22.7 Å². The van der Waals surface area contributed by atoms with Crippen molar-refractivity contribution in [1.29, 1.82) is 0 Å². The van der Waals surface area contributed by atoms with Gasteiger partial charge in [0.2, 0.25) is 6.41 Å². The van der Waals surface area contributed by atoms with Gasteiger partial charge in [-0.2, -0.15) is 0 Å². The van der Waals surface area contributed by atoms with Crippen molar-refractivity contribution in [3.05, 3.63) is 28.2 Å². The fourth-order valence-electron chi connectivity index (χ4n) is 1.54. The number of nitrogens with one attached hydrogen (secondary N) is 1. The second kappa shape index (κ2) is 6.53. The van der Waals surface area contributed by atoms with Crippen LogP contribution in [-0.4, -0.2) is 19.6 Å². The molecule has 4 heteroatoms. The van der Waals surface area contributed by atoms with Crippen molar-refractivity contribution in [1.82, 2.24) is 5.32 Å². The molecule has 1 aromatic rings. The minimum atomic E-state index is 0.192. The summed E-state index contributed by atoms with van der Waals surface area (Å²) in [5.74, 6) is 0.820. The summed E-state index contributed by atoms with van der Waals surface area (Å²) in [6.45, 7) is 2.06. The SMILES string of the molecule is CC[C@H](Cc1ccc(OC)c(Br)c1)NC=O. The molecule has 0 aliphatic rings. The molecule has 0 unspecified atom stereocenters. The smallest absolute Gasteiger partial charge is 0.207 e. The zero-order valence-electron chi connectivity index (χ0n) is 9.50. The third kappa shape index (κ3) is 3.52. The maximum Gasteiger partial charge on any atom is 0.207 e. The summed E-state index contributed by atoms with van der Waals surface area (Å²) in [5.41, 5.74) is 1.17. The number of ether oxygens (including phenoxy) is 1. The van der Waals surface area contributed by atoms with Crippen LogP contribution in [0, 0.1) is 0 Å². The van der Waals surface area contributed by atoms with Gasteiger partial charge in [-0.15, -0.1) is 0 Å². The van der Waals surface area contributed by atoms with Crippen molar-refractivity contribution in [2.24, 2.45) is 0 Å². The number of carbonyl (C=O) groups excluding carboxylic acids is 1. The fourth-order valence-corrected chi connectivity index (χ4v) is 2.13. The molecule has 0 fully saturated rings. The molecule has 0 saturated carbocycles. The van der Waals surface area contributed by atoms with E-state index in [0.29, 0.717) is 0 Å². The molecule has 1 rings (SSSR count). The minimum Gasteiger partial charge on any atom is -0.496 e. The molecule has 1 aromatic carbocycles. The molecule has 0 spiro atoms. The molecule has 3 nitrogen and oxygen atoms in total. The van der Waals surface area contributed by atoms with Gasteiger partial charge in [-0.3, -0.25) is 4.79 Å². The van der Waals surface area contributed by atoms with Gasteiger partial charge in [0, 0.05) is 6.04 Å². The van der Waals surface area contributed by atoms with Crippen molar-refractivity contribution in [3.63, 3.8) is 0 Å². The predicted molar refractivity (Wildman–Crippen MR) is 67.7 cm³/mol. The van der Waals surface area contributed by atoms with Gasteiger partial charge in [-0.1, -0.05) is 13.0 Å². The minimum absolute atomic E-state index is 0.192. The number of rotatable bonds is 6. The largest absolute Gasteiger partial charge is 0.496 e. The summed E-state index contributed by atoms with van der Waals surface area (Å²) in [4.78, 5) is 10.4. The third-order valence-electron chi connectivity index (χ3n) is 2.49. The number of benzene rings is 1. The Morgan fingerprint density at radius 2 is 2.31 bits per heavy atom. The van der Waals surface area contributed by atoms with Crippen LogP contribution in [0.5, 0.6) is 5.75 Å². The van der Waals surface area contributed by atoms with Gasteiger partial charge < -0.3 is 10.1 Å². The highest BCUT2D eigenvalue weighted by Crippen LogP contribution is 2.26. The summed E-state index contributed by atoms with van der Waals surface area (Å²) < 4.78 is 6.10. The third-order valence-corrected chi connectivity index (χ3v) is 3.11. The Morgan fingerprint density at radius 1 is 1.56 bits per heavy atom. The number of methoxy groups -OCH3 is 1. The molecule has 0 saturated heterocycles. The Hall–Kier alpha value is -1.03. The van der Waals surface area contributed by atoms with Crippen LogP contribution < -0.4 is 10.1 Å². The van der Waals surface area contributed by atoms with Crippen molar-refractivity contribution < 1.29 is 9.53 Å². The monoisotopic (exact) mass is 285 g/mol. The Morgan fingerprint density at radius 3 is 2.81 bits per heavy atom. The first-order valence-corrected chi connectivity index (χ1v) is 6.02. The molecule has 1 N–H and O–H groups in total. The van der Waals surface area contributed by atoms with Crippen molar-refractivity contribution in [3.8, 4) is 5.75 Å². The maximum atomic E-state index is 10.4. The first-order chi connectivity index (χ1) is 7.71. The average molecular weight is 286 g/mol. The fraction of sp³-hybridized carbons (Fsp3) is 0.417. The van der Waals surface area contributed by atoms with Gasteiger partial charge in [0.15, 0.2) is 0 Å². The summed E-state index contributed by atoms with van der Waals surface area (Å²) >= 11 is 3.44. The second-order valence-electron chi connectivity index (χ2n) is 3.56. The Labute approximate surface area is 104 Å². The molecule has 0 bridgehead atoms. The van der Waals surface area contributed by atoms with E-state index < -0.39 is 0 Å². The molecule has 16 heavy (non-hydrogen) atoms. The van der Waals surface area contributed by atoms with E-state index in [1.165, 1.54) is 5.56 Å². The summed E-state index contributed by atoms with van der Waals surface area (Å²) in [6.07, 6.45) is 2.51.